The number of hydrogen-bond acceptors (Lipinski definition) is 3. The summed E-state index contributed by atoms with van der Waals surface area (Å²) in [6.45, 7) is 2.36. The number of hydrogen-bond donors (Lipinski definition) is 1. The number of alkyl halides is 3. The largest absolute Gasteiger partial charge is 0.416 e. The molecule has 0 saturated carbocycles. The fourth-order valence-corrected chi connectivity index (χ4v) is 4.19. The van der Waals surface area contributed by atoms with Gasteiger partial charge in [0.1, 0.15) is 5.82 Å². The summed E-state index contributed by atoms with van der Waals surface area (Å²) in [6.07, 6.45) is -4.62. The summed E-state index contributed by atoms with van der Waals surface area (Å²) in [5.74, 6) is -0.849. The highest BCUT2D eigenvalue weighted by molar-refractivity contribution is 7.16. The second-order valence-corrected chi connectivity index (χ2v) is 7.28. The average Bonchev–Trinajstić information content (AvgIpc) is 2.95. The van der Waals surface area contributed by atoms with Crippen LogP contribution in [0.25, 0.3) is 0 Å². The lowest BCUT2D eigenvalue weighted by Gasteiger charge is -2.36. The molecule has 8 heteroatoms. The molecule has 3 rings (SSSR count). The van der Waals surface area contributed by atoms with Crippen molar-refractivity contribution in [3.63, 3.8) is 0 Å². The van der Waals surface area contributed by atoms with E-state index in [4.69, 9.17) is 11.6 Å². The van der Waals surface area contributed by atoms with E-state index in [1.165, 1.54) is 11.3 Å². The van der Waals surface area contributed by atoms with Crippen molar-refractivity contribution in [1.29, 1.82) is 0 Å². The van der Waals surface area contributed by atoms with Gasteiger partial charge in [-0.15, -0.1) is 11.3 Å². The minimum absolute atomic E-state index is 0.328. The highest BCUT2D eigenvalue weighted by Crippen LogP contribution is 2.42. The third kappa shape index (κ3) is 3.59. The monoisotopic (exact) mass is 378 g/mol. The summed E-state index contributed by atoms with van der Waals surface area (Å²) in [6, 6.07) is 5.61. The van der Waals surface area contributed by atoms with Crippen LogP contribution in [0.1, 0.15) is 22.0 Å². The van der Waals surface area contributed by atoms with Crippen LogP contribution in [0.3, 0.4) is 0 Å². The predicted molar refractivity (Wildman–Crippen MR) is 87.0 cm³/mol. The molecule has 0 aliphatic carbocycles. The van der Waals surface area contributed by atoms with E-state index in [9.17, 15) is 17.6 Å². The first-order valence-electron chi connectivity index (χ1n) is 7.43. The minimum Gasteiger partial charge on any atom is -0.314 e. The maximum Gasteiger partial charge on any atom is 0.416 e. The number of nitrogens with one attached hydrogen (secondary N) is 1. The number of benzene rings is 1. The molecular weight excluding hydrogens is 364 g/mol. The average molecular weight is 379 g/mol. The number of halogens is 5. The van der Waals surface area contributed by atoms with Crippen molar-refractivity contribution in [3.8, 4) is 0 Å². The van der Waals surface area contributed by atoms with E-state index in [1.54, 1.807) is 12.1 Å². The first-order chi connectivity index (χ1) is 11.4. The van der Waals surface area contributed by atoms with E-state index in [1.807, 2.05) is 4.90 Å². The molecule has 0 amide bonds. The van der Waals surface area contributed by atoms with Crippen molar-refractivity contribution in [2.24, 2.45) is 0 Å². The zero-order valence-corrected chi connectivity index (χ0v) is 14.1. The zero-order valence-electron chi connectivity index (χ0n) is 12.5. The molecule has 1 saturated heterocycles. The van der Waals surface area contributed by atoms with Gasteiger partial charge in [0.2, 0.25) is 0 Å². The van der Waals surface area contributed by atoms with E-state index in [0.717, 1.165) is 18.2 Å². The summed E-state index contributed by atoms with van der Waals surface area (Å²) < 4.78 is 55.3. The number of rotatable bonds is 3. The van der Waals surface area contributed by atoms with Crippen LogP contribution in [0.15, 0.2) is 30.3 Å². The highest BCUT2D eigenvalue weighted by atomic mass is 35.5. The highest BCUT2D eigenvalue weighted by Gasteiger charge is 2.39. The smallest absolute Gasteiger partial charge is 0.314 e. The Morgan fingerprint density at radius 2 is 1.83 bits per heavy atom. The zero-order chi connectivity index (χ0) is 17.3. The topological polar surface area (TPSA) is 15.3 Å². The molecule has 2 nitrogen and oxygen atoms in total. The quantitative estimate of drug-likeness (QED) is 0.788. The van der Waals surface area contributed by atoms with Gasteiger partial charge in [0.15, 0.2) is 0 Å². The number of thiophene rings is 1. The maximum absolute atomic E-state index is 14.5. The van der Waals surface area contributed by atoms with E-state index in [2.05, 4.69) is 5.32 Å². The van der Waals surface area contributed by atoms with Crippen molar-refractivity contribution in [2.75, 3.05) is 26.2 Å². The molecule has 1 aliphatic heterocycles. The fourth-order valence-electron chi connectivity index (χ4n) is 2.98. The Balaban J connectivity index is 2.15. The molecule has 1 aliphatic rings. The Bertz CT molecular complexity index is 710. The molecule has 1 aromatic carbocycles. The standard InChI is InChI=1S/C16H15ClF4N2S/c17-13-5-4-12(24-13)15(23-8-6-22-7-9-23)14-10(16(19,20)21)2-1-3-11(14)18/h1-5,15,22H,6-9H2/t15-/m1/s1. The van der Waals surface area contributed by atoms with E-state index in [-0.39, 0.29) is 5.56 Å². The minimum atomic E-state index is -4.62. The fraction of sp³-hybridized carbons (Fsp3) is 0.375. The van der Waals surface area contributed by atoms with E-state index in [0.29, 0.717) is 35.4 Å². The lowest BCUT2D eigenvalue weighted by Crippen LogP contribution is -2.45. The van der Waals surface area contributed by atoms with E-state index < -0.39 is 23.6 Å². The van der Waals surface area contributed by atoms with Gasteiger partial charge in [-0.2, -0.15) is 13.2 Å². The molecule has 2 aromatic rings. The maximum atomic E-state index is 14.5. The Kier molecular flexibility index (Phi) is 5.15. The summed E-state index contributed by atoms with van der Waals surface area (Å²) in [7, 11) is 0. The molecule has 1 aromatic heterocycles. The Hall–Kier alpha value is -1.15. The molecule has 0 spiro atoms. The molecule has 24 heavy (non-hydrogen) atoms. The second-order valence-electron chi connectivity index (χ2n) is 5.53. The third-order valence-electron chi connectivity index (χ3n) is 4.01. The van der Waals surface area contributed by atoms with Gasteiger partial charge in [-0.1, -0.05) is 17.7 Å². The molecular formula is C16H15ClF4N2S. The van der Waals surface area contributed by atoms with Gasteiger partial charge >= 0.3 is 6.18 Å². The number of piperazine rings is 1. The second kappa shape index (κ2) is 7.00. The van der Waals surface area contributed by atoms with Crippen LogP contribution in [-0.4, -0.2) is 31.1 Å². The van der Waals surface area contributed by atoms with Gasteiger partial charge in [0.05, 0.1) is 15.9 Å². The summed E-state index contributed by atoms with van der Waals surface area (Å²) >= 11 is 7.15. The summed E-state index contributed by atoms with van der Waals surface area (Å²) in [5.41, 5.74) is -1.26. The lowest BCUT2D eigenvalue weighted by molar-refractivity contribution is -0.138. The van der Waals surface area contributed by atoms with Gasteiger partial charge in [0, 0.05) is 36.6 Å². The van der Waals surface area contributed by atoms with Crippen LogP contribution >= 0.6 is 22.9 Å². The first kappa shape index (κ1) is 17.7. The SMILES string of the molecule is Fc1cccc(C(F)(F)F)c1[C@@H](c1ccc(Cl)s1)N1CCNCC1. The molecule has 130 valence electrons. The molecule has 1 N–H and O–H groups in total. The van der Waals surface area contributed by atoms with E-state index >= 15 is 0 Å². The molecule has 1 fully saturated rings. The van der Waals surface area contributed by atoms with Crippen LogP contribution in [0, 0.1) is 5.82 Å². The van der Waals surface area contributed by atoms with Crippen molar-refractivity contribution < 1.29 is 17.6 Å². The third-order valence-corrected chi connectivity index (χ3v) is 5.30. The first-order valence-corrected chi connectivity index (χ1v) is 8.63. The molecule has 0 radical (unpaired) electrons. The van der Waals surface area contributed by atoms with Gasteiger partial charge in [-0.3, -0.25) is 4.90 Å². The van der Waals surface area contributed by atoms with Gasteiger partial charge in [-0.05, 0) is 24.3 Å². The Morgan fingerprint density at radius 1 is 1.12 bits per heavy atom. The summed E-state index contributed by atoms with van der Waals surface area (Å²) in [5, 5.41) is 3.16. The van der Waals surface area contributed by atoms with Crippen LogP contribution in [-0.2, 0) is 6.18 Å². The Labute approximate surface area is 146 Å². The van der Waals surface area contributed by atoms with Crippen LogP contribution in [0.4, 0.5) is 17.6 Å². The normalized spacial score (nSPS) is 17.9. The summed E-state index contributed by atoms with van der Waals surface area (Å²) in [4.78, 5) is 2.48. The van der Waals surface area contributed by atoms with Gasteiger partial charge in [-0.25, -0.2) is 4.39 Å². The predicted octanol–water partition coefficient (Wildman–Crippen LogP) is 4.55. The van der Waals surface area contributed by atoms with Crippen molar-refractivity contribution >= 4 is 22.9 Å². The molecule has 0 unspecified atom stereocenters. The molecule has 0 bridgehead atoms. The van der Waals surface area contributed by atoms with Crippen LogP contribution in [0.2, 0.25) is 4.34 Å². The van der Waals surface area contributed by atoms with Gasteiger partial charge < -0.3 is 5.32 Å². The van der Waals surface area contributed by atoms with Gasteiger partial charge in [0.25, 0.3) is 0 Å². The van der Waals surface area contributed by atoms with Crippen LogP contribution in [0.5, 0.6) is 0 Å². The number of nitrogens with zero attached hydrogens (tertiary/aromatic N) is 1. The lowest BCUT2D eigenvalue weighted by atomic mass is 9.96. The van der Waals surface area contributed by atoms with Crippen molar-refractivity contribution in [1.82, 2.24) is 10.2 Å². The van der Waals surface area contributed by atoms with Crippen molar-refractivity contribution in [3.05, 3.63) is 56.5 Å². The molecule has 2 heterocycles. The van der Waals surface area contributed by atoms with Crippen molar-refractivity contribution in [2.45, 2.75) is 12.2 Å². The van der Waals surface area contributed by atoms with Crippen LogP contribution < -0.4 is 5.32 Å². The Morgan fingerprint density at radius 3 is 2.42 bits per heavy atom. The molecule has 1 atom stereocenters.